The van der Waals surface area contributed by atoms with Crippen LogP contribution in [-0.4, -0.2) is 75.9 Å². The summed E-state index contributed by atoms with van der Waals surface area (Å²) in [4.78, 5) is 2.29. The molecule has 7 heteroatoms. The lowest BCUT2D eigenvalue weighted by atomic mass is 10.1. The van der Waals surface area contributed by atoms with Crippen molar-refractivity contribution in [1.82, 2.24) is 9.21 Å². The lowest BCUT2D eigenvalue weighted by Gasteiger charge is -2.38. The number of nitrogens with two attached hydrogens (primary N) is 1. The molecule has 1 aliphatic rings. The van der Waals surface area contributed by atoms with Crippen LogP contribution in [0.4, 0.5) is 0 Å². The van der Waals surface area contributed by atoms with Gasteiger partial charge >= 0.3 is 0 Å². The van der Waals surface area contributed by atoms with Gasteiger partial charge in [-0.25, -0.2) is 8.42 Å². The van der Waals surface area contributed by atoms with Crippen molar-refractivity contribution in [3.8, 4) is 0 Å². The summed E-state index contributed by atoms with van der Waals surface area (Å²) in [5.41, 5.74) is 5.73. The van der Waals surface area contributed by atoms with E-state index in [1.165, 1.54) is 0 Å². The van der Waals surface area contributed by atoms with Crippen LogP contribution in [0.5, 0.6) is 0 Å². The molecular weight excluding hydrogens is 266 g/mol. The molecule has 0 saturated carbocycles. The topological polar surface area (TPSA) is 75.9 Å². The molecule has 1 heterocycles. The Morgan fingerprint density at radius 1 is 1.26 bits per heavy atom. The summed E-state index contributed by atoms with van der Waals surface area (Å²) in [6.07, 6.45) is 1.57. The average molecular weight is 293 g/mol. The highest BCUT2D eigenvalue weighted by atomic mass is 32.2. The van der Waals surface area contributed by atoms with Crippen LogP contribution >= 0.6 is 0 Å². The monoisotopic (exact) mass is 293 g/mol. The van der Waals surface area contributed by atoms with E-state index >= 15 is 0 Å². The molecule has 19 heavy (non-hydrogen) atoms. The third-order valence-electron chi connectivity index (χ3n) is 3.68. The van der Waals surface area contributed by atoms with Gasteiger partial charge < -0.3 is 10.5 Å². The van der Waals surface area contributed by atoms with Gasteiger partial charge in [-0.1, -0.05) is 6.92 Å². The Labute approximate surface area is 116 Å². The normalized spacial score (nSPS) is 20.6. The lowest BCUT2D eigenvalue weighted by molar-refractivity contribution is 0.136. The van der Waals surface area contributed by atoms with Crippen molar-refractivity contribution in [1.29, 1.82) is 0 Å². The van der Waals surface area contributed by atoms with Gasteiger partial charge in [0.15, 0.2) is 0 Å². The third kappa shape index (κ3) is 5.00. The van der Waals surface area contributed by atoms with E-state index in [0.717, 1.165) is 19.5 Å². The van der Waals surface area contributed by atoms with Crippen molar-refractivity contribution in [2.24, 2.45) is 5.73 Å². The number of piperazine rings is 1. The number of ether oxygens (including phenoxy) is 1. The first-order chi connectivity index (χ1) is 9.05. The predicted molar refractivity (Wildman–Crippen MR) is 76.6 cm³/mol. The molecule has 1 unspecified atom stereocenters. The van der Waals surface area contributed by atoms with E-state index in [-0.39, 0.29) is 5.75 Å². The first-order valence-corrected chi connectivity index (χ1v) is 8.57. The first kappa shape index (κ1) is 16.8. The van der Waals surface area contributed by atoms with Gasteiger partial charge in [-0.2, -0.15) is 4.31 Å². The standard InChI is InChI=1S/C12H27N3O3S/c1-3-12(11-13)14-5-7-15(8-6-14)19(16,17)10-4-9-18-2/h12H,3-11,13H2,1-2H3. The maximum atomic E-state index is 12.1. The number of rotatable bonds is 8. The van der Waals surface area contributed by atoms with E-state index in [9.17, 15) is 8.42 Å². The van der Waals surface area contributed by atoms with Crippen LogP contribution in [0.1, 0.15) is 19.8 Å². The third-order valence-corrected chi connectivity index (χ3v) is 5.63. The number of nitrogens with zero attached hydrogens (tertiary/aromatic N) is 2. The van der Waals surface area contributed by atoms with Gasteiger partial charge in [0, 0.05) is 52.5 Å². The van der Waals surface area contributed by atoms with Crippen molar-refractivity contribution in [2.45, 2.75) is 25.8 Å². The Balaban J connectivity index is 2.44. The minimum atomic E-state index is -3.12. The van der Waals surface area contributed by atoms with Gasteiger partial charge in [0.2, 0.25) is 10.0 Å². The van der Waals surface area contributed by atoms with Gasteiger partial charge in [-0.05, 0) is 12.8 Å². The fourth-order valence-corrected chi connectivity index (χ4v) is 3.90. The smallest absolute Gasteiger partial charge is 0.214 e. The van der Waals surface area contributed by atoms with Gasteiger partial charge in [0.25, 0.3) is 0 Å². The quantitative estimate of drug-likeness (QED) is 0.622. The van der Waals surface area contributed by atoms with Crippen LogP contribution in [0.25, 0.3) is 0 Å². The molecule has 1 atom stereocenters. The molecule has 1 saturated heterocycles. The maximum absolute atomic E-state index is 12.1. The Morgan fingerprint density at radius 2 is 1.89 bits per heavy atom. The van der Waals surface area contributed by atoms with Crippen molar-refractivity contribution < 1.29 is 13.2 Å². The number of methoxy groups -OCH3 is 1. The first-order valence-electron chi connectivity index (χ1n) is 6.96. The van der Waals surface area contributed by atoms with Crippen molar-refractivity contribution >= 4 is 10.0 Å². The summed E-state index contributed by atoms with van der Waals surface area (Å²) in [5.74, 6) is 0.176. The van der Waals surface area contributed by atoms with E-state index in [2.05, 4.69) is 11.8 Å². The molecule has 114 valence electrons. The molecule has 1 rings (SSSR count). The van der Waals surface area contributed by atoms with Gasteiger partial charge in [0.1, 0.15) is 0 Å². The minimum absolute atomic E-state index is 0.176. The second kappa shape index (κ2) is 8.16. The van der Waals surface area contributed by atoms with Crippen LogP contribution < -0.4 is 5.73 Å². The Kier molecular flexibility index (Phi) is 7.23. The lowest BCUT2D eigenvalue weighted by Crippen LogP contribution is -2.53. The highest BCUT2D eigenvalue weighted by molar-refractivity contribution is 7.89. The zero-order valence-electron chi connectivity index (χ0n) is 12.0. The van der Waals surface area contributed by atoms with Crippen LogP contribution in [-0.2, 0) is 14.8 Å². The van der Waals surface area contributed by atoms with Gasteiger partial charge in [-0.3, -0.25) is 4.90 Å². The van der Waals surface area contributed by atoms with E-state index < -0.39 is 10.0 Å². The van der Waals surface area contributed by atoms with Crippen LogP contribution in [0.15, 0.2) is 0 Å². The molecule has 0 aromatic carbocycles. The summed E-state index contributed by atoms with van der Waals surface area (Å²) in [7, 11) is -1.54. The minimum Gasteiger partial charge on any atom is -0.385 e. The highest BCUT2D eigenvalue weighted by Gasteiger charge is 2.28. The highest BCUT2D eigenvalue weighted by Crippen LogP contribution is 2.12. The number of hydrogen-bond donors (Lipinski definition) is 1. The second-order valence-electron chi connectivity index (χ2n) is 4.90. The molecule has 0 bridgehead atoms. The van der Waals surface area contributed by atoms with E-state index in [0.29, 0.717) is 38.7 Å². The SMILES string of the molecule is CCC(CN)N1CCN(S(=O)(=O)CCCOC)CC1. The predicted octanol–water partition coefficient (Wildman–Crippen LogP) is -0.292. The Hall–Kier alpha value is -0.210. The van der Waals surface area contributed by atoms with E-state index in [4.69, 9.17) is 10.5 Å². The van der Waals surface area contributed by atoms with Gasteiger partial charge in [-0.15, -0.1) is 0 Å². The summed E-state index contributed by atoms with van der Waals surface area (Å²) in [6, 6.07) is 0.373. The molecule has 0 radical (unpaired) electrons. The molecule has 0 aromatic heterocycles. The van der Waals surface area contributed by atoms with Crippen LogP contribution in [0.3, 0.4) is 0 Å². The zero-order chi connectivity index (χ0) is 14.3. The summed E-state index contributed by atoms with van der Waals surface area (Å²) < 4.78 is 30.7. The fraction of sp³-hybridized carbons (Fsp3) is 1.00. The molecular formula is C12H27N3O3S. The summed E-state index contributed by atoms with van der Waals surface area (Å²) >= 11 is 0. The second-order valence-corrected chi connectivity index (χ2v) is 6.98. The molecule has 2 N–H and O–H groups in total. The molecule has 1 fully saturated rings. The largest absolute Gasteiger partial charge is 0.385 e. The molecule has 0 spiro atoms. The molecule has 0 amide bonds. The average Bonchev–Trinajstić information content (AvgIpc) is 2.41. The van der Waals surface area contributed by atoms with Crippen LogP contribution in [0.2, 0.25) is 0 Å². The Morgan fingerprint density at radius 3 is 2.37 bits per heavy atom. The molecule has 0 aliphatic carbocycles. The van der Waals surface area contributed by atoms with Crippen molar-refractivity contribution in [3.05, 3.63) is 0 Å². The van der Waals surface area contributed by atoms with Gasteiger partial charge in [0.05, 0.1) is 5.75 Å². The zero-order valence-corrected chi connectivity index (χ0v) is 12.9. The van der Waals surface area contributed by atoms with E-state index in [1.54, 1.807) is 11.4 Å². The number of sulfonamides is 1. The molecule has 6 nitrogen and oxygen atoms in total. The fourth-order valence-electron chi connectivity index (χ4n) is 2.44. The van der Waals surface area contributed by atoms with Crippen LogP contribution in [0, 0.1) is 0 Å². The summed E-state index contributed by atoms with van der Waals surface area (Å²) in [5, 5.41) is 0. The number of hydrogen-bond acceptors (Lipinski definition) is 5. The maximum Gasteiger partial charge on any atom is 0.214 e. The molecule has 0 aromatic rings. The summed E-state index contributed by atoms with van der Waals surface area (Å²) in [6.45, 7) is 5.95. The van der Waals surface area contributed by atoms with Crippen molar-refractivity contribution in [2.75, 3.05) is 52.2 Å². The van der Waals surface area contributed by atoms with Crippen molar-refractivity contribution in [3.63, 3.8) is 0 Å². The Bertz CT molecular complexity index is 336. The van der Waals surface area contributed by atoms with E-state index in [1.807, 2.05) is 0 Å². The molecule has 1 aliphatic heterocycles.